The summed E-state index contributed by atoms with van der Waals surface area (Å²) in [6.07, 6.45) is 0. The Balaban J connectivity index is 3.13. The highest BCUT2D eigenvalue weighted by Crippen LogP contribution is 2.19. The van der Waals surface area contributed by atoms with Crippen molar-refractivity contribution in [3.63, 3.8) is 0 Å². The van der Waals surface area contributed by atoms with Crippen LogP contribution in [0.25, 0.3) is 0 Å². The second kappa shape index (κ2) is 3.29. The highest BCUT2D eigenvalue weighted by molar-refractivity contribution is 5.92. The lowest BCUT2D eigenvalue weighted by Crippen LogP contribution is -2.15. The van der Waals surface area contributed by atoms with E-state index in [4.69, 9.17) is 0 Å². The molecule has 0 aliphatic rings. The summed E-state index contributed by atoms with van der Waals surface area (Å²) < 4.78 is 0. The van der Waals surface area contributed by atoms with Gasteiger partial charge < -0.3 is 0 Å². The highest BCUT2D eigenvalue weighted by atomic mass is 16.1. The van der Waals surface area contributed by atoms with Crippen LogP contribution < -0.4 is 0 Å². The van der Waals surface area contributed by atoms with Gasteiger partial charge in [-0.05, 0) is 12.1 Å². The third kappa shape index (κ3) is 2.38. The van der Waals surface area contributed by atoms with Crippen molar-refractivity contribution in [2.24, 2.45) is 0 Å². The molecular formula is C11H15NO. The zero-order valence-corrected chi connectivity index (χ0v) is 8.59. The van der Waals surface area contributed by atoms with Crippen molar-refractivity contribution < 1.29 is 4.79 Å². The zero-order valence-electron chi connectivity index (χ0n) is 8.59. The summed E-state index contributed by atoms with van der Waals surface area (Å²) in [5.74, 6) is 0.0195. The Labute approximate surface area is 79.0 Å². The predicted octanol–water partition coefficient (Wildman–Crippen LogP) is 2.58. The molecule has 70 valence electrons. The molecule has 1 aromatic rings. The predicted molar refractivity (Wildman–Crippen MR) is 52.9 cm³/mol. The molecule has 0 aliphatic heterocycles. The fourth-order valence-electron chi connectivity index (χ4n) is 1.05. The van der Waals surface area contributed by atoms with E-state index < -0.39 is 0 Å². The summed E-state index contributed by atoms with van der Waals surface area (Å²) in [6.45, 7) is 7.78. The van der Waals surface area contributed by atoms with E-state index in [-0.39, 0.29) is 11.2 Å². The number of pyridine rings is 1. The van der Waals surface area contributed by atoms with Gasteiger partial charge in [-0.3, -0.25) is 4.79 Å². The molecule has 1 heterocycles. The smallest absolute Gasteiger partial charge is 0.178 e. The first-order chi connectivity index (χ1) is 5.91. The Morgan fingerprint density at radius 3 is 2.38 bits per heavy atom. The summed E-state index contributed by atoms with van der Waals surface area (Å²) in [5.41, 5.74) is 1.51. The van der Waals surface area contributed by atoms with Crippen LogP contribution in [0.3, 0.4) is 0 Å². The summed E-state index contributed by atoms with van der Waals surface area (Å²) in [6, 6.07) is 5.58. The molecule has 0 amide bonds. The molecule has 0 saturated carbocycles. The van der Waals surface area contributed by atoms with Gasteiger partial charge in [0.2, 0.25) is 0 Å². The monoisotopic (exact) mass is 177 g/mol. The van der Waals surface area contributed by atoms with Crippen LogP contribution in [0, 0.1) is 0 Å². The molecule has 1 rings (SSSR count). The first kappa shape index (κ1) is 9.90. The Morgan fingerprint density at radius 2 is 1.92 bits per heavy atom. The van der Waals surface area contributed by atoms with Gasteiger partial charge in [-0.1, -0.05) is 26.8 Å². The number of carbonyl (C=O) groups is 1. The number of ketones is 1. The fraction of sp³-hybridized carbons (Fsp3) is 0.455. The summed E-state index contributed by atoms with van der Waals surface area (Å²) in [7, 11) is 0. The lowest BCUT2D eigenvalue weighted by Gasteiger charge is -2.17. The van der Waals surface area contributed by atoms with Crippen LogP contribution in [0.15, 0.2) is 18.2 Å². The lowest BCUT2D eigenvalue weighted by molar-refractivity contribution is 0.101. The van der Waals surface area contributed by atoms with E-state index in [1.807, 2.05) is 12.1 Å². The first-order valence-corrected chi connectivity index (χ1v) is 4.40. The molecular weight excluding hydrogens is 162 g/mol. The van der Waals surface area contributed by atoms with Gasteiger partial charge in [-0.15, -0.1) is 0 Å². The van der Waals surface area contributed by atoms with Crippen molar-refractivity contribution in [2.45, 2.75) is 33.1 Å². The zero-order chi connectivity index (χ0) is 10.1. The second-order valence-electron chi connectivity index (χ2n) is 4.21. The van der Waals surface area contributed by atoms with Gasteiger partial charge in [0.15, 0.2) is 5.78 Å². The maximum atomic E-state index is 11.1. The van der Waals surface area contributed by atoms with Crippen LogP contribution in [0.4, 0.5) is 0 Å². The quantitative estimate of drug-likeness (QED) is 0.617. The van der Waals surface area contributed by atoms with E-state index in [0.717, 1.165) is 5.69 Å². The Kier molecular flexibility index (Phi) is 2.50. The van der Waals surface area contributed by atoms with Gasteiger partial charge in [0.25, 0.3) is 0 Å². The molecule has 0 fully saturated rings. The number of rotatable bonds is 1. The lowest BCUT2D eigenvalue weighted by atomic mass is 9.91. The van der Waals surface area contributed by atoms with Crippen molar-refractivity contribution in [3.05, 3.63) is 29.6 Å². The maximum Gasteiger partial charge on any atom is 0.178 e. The molecule has 2 heteroatoms. The van der Waals surface area contributed by atoms with Crippen LogP contribution in [0.1, 0.15) is 43.9 Å². The number of Topliss-reactive ketones (excluding diaryl/α,β-unsaturated/α-hetero) is 1. The molecule has 0 bridgehead atoms. The SMILES string of the molecule is CC(=O)c1cccc(C(C)(C)C)n1. The first-order valence-electron chi connectivity index (χ1n) is 4.40. The number of aromatic nitrogens is 1. The summed E-state index contributed by atoms with van der Waals surface area (Å²) >= 11 is 0. The number of nitrogens with zero attached hydrogens (tertiary/aromatic N) is 1. The van der Waals surface area contributed by atoms with E-state index >= 15 is 0 Å². The largest absolute Gasteiger partial charge is 0.293 e. The third-order valence-corrected chi connectivity index (χ3v) is 1.88. The van der Waals surface area contributed by atoms with Gasteiger partial charge >= 0.3 is 0 Å². The topological polar surface area (TPSA) is 30.0 Å². The number of carbonyl (C=O) groups excluding carboxylic acids is 1. The fourth-order valence-corrected chi connectivity index (χ4v) is 1.05. The third-order valence-electron chi connectivity index (χ3n) is 1.88. The van der Waals surface area contributed by atoms with E-state index in [1.54, 1.807) is 6.07 Å². The van der Waals surface area contributed by atoms with E-state index in [2.05, 4.69) is 25.8 Å². The van der Waals surface area contributed by atoms with Crippen molar-refractivity contribution in [1.29, 1.82) is 0 Å². The summed E-state index contributed by atoms with van der Waals surface area (Å²) in [4.78, 5) is 15.4. The molecule has 0 radical (unpaired) electrons. The summed E-state index contributed by atoms with van der Waals surface area (Å²) in [5, 5.41) is 0. The minimum Gasteiger partial charge on any atom is -0.293 e. The Morgan fingerprint density at radius 1 is 1.31 bits per heavy atom. The maximum absolute atomic E-state index is 11.1. The van der Waals surface area contributed by atoms with Crippen LogP contribution in [0.2, 0.25) is 0 Å². The number of hydrogen-bond donors (Lipinski definition) is 0. The van der Waals surface area contributed by atoms with Crippen LogP contribution in [0.5, 0.6) is 0 Å². The Bertz CT molecular complexity index is 323. The minimum atomic E-state index is 0.00542. The standard InChI is InChI=1S/C11H15NO/c1-8(13)9-6-5-7-10(12-9)11(2,3)4/h5-7H,1-4H3. The molecule has 1 aromatic heterocycles. The van der Waals surface area contributed by atoms with Crippen LogP contribution in [-0.4, -0.2) is 10.8 Å². The Hall–Kier alpha value is -1.18. The number of hydrogen-bond acceptors (Lipinski definition) is 2. The molecule has 0 unspecified atom stereocenters. The molecule has 0 saturated heterocycles. The molecule has 0 atom stereocenters. The van der Waals surface area contributed by atoms with Crippen molar-refractivity contribution in [3.8, 4) is 0 Å². The van der Waals surface area contributed by atoms with Gasteiger partial charge in [0.05, 0.1) is 0 Å². The molecule has 0 N–H and O–H groups in total. The van der Waals surface area contributed by atoms with Crippen molar-refractivity contribution in [1.82, 2.24) is 4.98 Å². The highest BCUT2D eigenvalue weighted by Gasteiger charge is 2.15. The van der Waals surface area contributed by atoms with E-state index in [9.17, 15) is 4.79 Å². The molecule has 13 heavy (non-hydrogen) atoms. The van der Waals surface area contributed by atoms with Crippen LogP contribution in [-0.2, 0) is 5.41 Å². The van der Waals surface area contributed by atoms with Gasteiger partial charge in [-0.2, -0.15) is 0 Å². The molecule has 2 nitrogen and oxygen atoms in total. The molecule has 0 aromatic carbocycles. The normalized spacial score (nSPS) is 11.4. The van der Waals surface area contributed by atoms with Crippen molar-refractivity contribution >= 4 is 5.78 Å². The molecule has 0 aliphatic carbocycles. The average Bonchev–Trinajstić information content (AvgIpc) is 2.03. The van der Waals surface area contributed by atoms with Crippen LogP contribution >= 0.6 is 0 Å². The van der Waals surface area contributed by atoms with E-state index in [1.165, 1.54) is 6.92 Å². The second-order valence-corrected chi connectivity index (χ2v) is 4.21. The van der Waals surface area contributed by atoms with Gasteiger partial charge in [0.1, 0.15) is 5.69 Å². The van der Waals surface area contributed by atoms with Gasteiger partial charge in [0, 0.05) is 18.0 Å². The minimum absolute atomic E-state index is 0.00542. The molecule has 0 spiro atoms. The van der Waals surface area contributed by atoms with Crippen molar-refractivity contribution in [2.75, 3.05) is 0 Å². The van der Waals surface area contributed by atoms with Gasteiger partial charge in [-0.25, -0.2) is 4.98 Å². The average molecular weight is 177 g/mol. The van der Waals surface area contributed by atoms with E-state index in [0.29, 0.717) is 5.69 Å².